The maximum Gasteiger partial charge on any atom is 0.311 e. The van der Waals surface area contributed by atoms with Crippen molar-refractivity contribution >= 4 is 48.8 Å². The van der Waals surface area contributed by atoms with Crippen LogP contribution in [-0.4, -0.2) is 72.2 Å². The van der Waals surface area contributed by atoms with Crippen molar-refractivity contribution in [1.82, 2.24) is 9.80 Å². The third-order valence-electron chi connectivity index (χ3n) is 7.79. The first-order chi connectivity index (χ1) is 16.1. The highest BCUT2D eigenvalue weighted by atomic mass is 28.5. The van der Waals surface area contributed by atoms with Crippen molar-refractivity contribution in [1.29, 1.82) is 0 Å². The van der Waals surface area contributed by atoms with Gasteiger partial charge in [-0.3, -0.25) is 29.0 Å². The molecule has 0 N–H and O–H groups in total. The van der Waals surface area contributed by atoms with E-state index < -0.39 is 48.9 Å². The van der Waals surface area contributed by atoms with E-state index in [0.29, 0.717) is 25.8 Å². The van der Waals surface area contributed by atoms with Crippen molar-refractivity contribution in [3.63, 3.8) is 0 Å². The summed E-state index contributed by atoms with van der Waals surface area (Å²) in [6.45, 7) is 15.8. The lowest BCUT2D eigenvalue weighted by Gasteiger charge is -2.39. The fourth-order valence-corrected chi connectivity index (χ4v) is 20.6. The molecule has 3 aliphatic rings. The lowest BCUT2D eigenvalue weighted by atomic mass is 9.70. The number of imide groups is 2. The van der Waals surface area contributed by atoms with Crippen molar-refractivity contribution in [3.8, 4) is 0 Å². The predicted octanol–water partition coefficient (Wildman–Crippen LogP) is 3.95. The largest absolute Gasteiger partial charge is 0.437 e. The topological polar surface area (TPSA) is 93.2 Å². The fraction of sp³-hybridized carbons (Fsp3) is 0.833. The molecule has 11 heteroatoms. The number of nitrogens with zero attached hydrogens (tertiary/aromatic N) is 2. The molecule has 2 heterocycles. The Kier molecular flexibility index (Phi) is 8.37. The minimum atomic E-state index is -2.28. The molecule has 1 aliphatic carbocycles. The van der Waals surface area contributed by atoms with E-state index in [2.05, 4.69) is 46.2 Å². The van der Waals surface area contributed by atoms with Crippen molar-refractivity contribution in [2.75, 3.05) is 13.6 Å². The van der Waals surface area contributed by atoms with E-state index in [-0.39, 0.29) is 23.6 Å². The summed E-state index contributed by atoms with van der Waals surface area (Å²) in [6.07, 6.45) is 3.67. The normalized spacial score (nSPS) is 27.7. The number of likely N-dealkylation sites (tertiary alicyclic amines) is 2. The van der Waals surface area contributed by atoms with E-state index in [1.165, 1.54) is 24.8 Å². The van der Waals surface area contributed by atoms with Gasteiger partial charge in [-0.25, -0.2) is 0 Å². The summed E-state index contributed by atoms with van der Waals surface area (Å²) in [5.74, 6) is -2.61. The lowest BCUT2D eigenvalue weighted by Crippen LogP contribution is -2.52. The van der Waals surface area contributed by atoms with Crippen LogP contribution in [0.1, 0.15) is 39.0 Å². The average molecular weight is 541 g/mol. The molecule has 3 rings (SSSR count). The van der Waals surface area contributed by atoms with Gasteiger partial charge in [-0.1, -0.05) is 19.8 Å². The molecule has 4 atom stereocenters. The number of unbranched alkanes of at least 4 members (excludes halogenated alkanes) is 1. The Morgan fingerprint density at radius 2 is 1.11 bits per heavy atom. The summed E-state index contributed by atoms with van der Waals surface area (Å²) in [5, 5.41) is 0. The van der Waals surface area contributed by atoms with Crippen LogP contribution in [0.15, 0.2) is 0 Å². The third kappa shape index (κ3) is 6.23. The van der Waals surface area contributed by atoms with Gasteiger partial charge in [0, 0.05) is 13.6 Å². The summed E-state index contributed by atoms with van der Waals surface area (Å²) in [6, 6.07) is 1.98. The second-order valence-corrected chi connectivity index (χ2v) is 24.8. The fourth-order valence-electron chi connectivity index (χ4n) is 6.35. The van der Waals surface area contributed by atoms with Gasteiger partial charge in [0.2, 0.25) is 23.6 Å². The van der Waals surface area contributed by atoms with Gasteiger partial charge in [-0.15, -0.1) is 0 Å². The first kappa shape index (κ1) is 28.4. The van der Waals surface area contributed by atoms with Gasteiger partial charge in [0.05, 0.1) is 23.7 Å². The Hall–Kier alpha value is -1.15. The van der Waals surface area contributed by atoms with Crippen LogP contribution in [0.4, 0.5) is 0 Å². The molecular formula is C24H44N2O6Si3. The summed E-state index contributed by atoms with van der Waals surface area (Å²) < 4.78 is 13.3. The number of carbonyl (C=O) groups is 4. The van der Waals surface area contributed by atoms with Crippen LogP contribution in [0.5, 0.6) is 0 Å². The van der Waals surface area contributed by atoms with Crippen molar-refractivity contribution in [3.05, 3.63) is 0 Å². The monoisotopic (exact) mass is 540 g/mol. The minimum absolute atomic E-state index is 0.171. The van der Waals surface area contributed by atoms with E-state index in [9.17, 15) is 19.2 Å². The molecule has 0 radical (unpaired) electrons. The maximum absolute atomic E-state index is 13.1. The van der Waals surface area contributed by atoms with E-state index in [1.807, 2.05) is 0 Å². The van der Waals surface area contributed by atoms with Crippen LogP contribution in [0.25, 0.3) is 0 Å². The highest BCUT2D eigenvalue weighted by Crippen LogP contribution is 2.47. The lowest BCUT2D eigenvalue weighted by molar-refractivity contribution is -0.139. The van der Waals surface area contributed by atoms with Gasteiger partial charge in [-0.05, 0) is 70.6 Å². The van der Waals surface area contributed by atoms with E-state index >= 15 is 0 Å². The molecule has 3 fully saturated rings. The van der Waals surface area contributed by atoms with Crippen molar-refractivity contribution < 1.29 is 27.4 Å². The zero-order valence-corrected chi connectivity index (χ0v) is 25.8. The molecule has 0 bridgehead atoms. The van der Waals surface area contributed by atoms with Crippen LogP contribution < -0.4 is 0 Å². The Morgan fingerprint density at radius 1 is 0.714 bits per heavy atom. The highest BCUT2D eigenvalue weighted by Gasteiger charge is 2.58. The first-order valence-electron chi connectivity index (χ1n) is 13.2. The molecule has 35 heavy (non-hydrogen) atoms. The molecule has 0 aromatic rings. The molecule has 198 valence electrons. The Morgan fingerprint density at radius 3 is 1.54 bits per heavy atom. The number of rotatable bonds is 11. The Balaban J connectivity index is 1.55. The van der Waals surface area contributed by atoms with E-state index in [4.69, 9.17) is 8.23 Å². The predicted molar refractivity (Wildman–Crippen MR) is 141 cm³/mol. The quantitative estimate of drug-likeness (QED) is 0.291. The number of carbonyl (C=O) groups excluding carboxylic acids is 4. The summed E-state index contributed by atoms with van der Waals surface area (Å²) >= 11 is 0. The van der Waals surface area contributed by atoms with Gasteiger partial charge in [0.15, 0.2) is 16.6 Å². The summed E-state index contributed by atoms with van der Waals surface area (Å²) in [5.41, 5.74) is 0. The van der Waals surface area contributed by atoms with Gasteiger partial charge in [-0.2, -0.15) is 0 Å². The molecule has 4 amide bonds. The highest BCUT2D eigenvalue weighted by molar-refractivity contribution is 6.87. The van der Waals surface area contributed by atoms with Gasteiger partial charge in [0.1, 0.15) is 0 Å². The summed E-state index contributed by atoms with van der Waals surface area (Å²) in [7, 11) is -4.61. The zero-order valence-electron chi connectivity index (χ0n) is 22.8. The molecule has 2 saturated heterocycles. The van der Waals surface area contributed by atoms with Crippen LogP contribution in [0, 0.1) is 23.7 Å². The Labute approximate surface area is 213 Å². The molecular weight excluding hydrogens is 497 g/mol. The summed E-state index contributed by atoms with van der Waals surface area (Å²) in [4.78, 5) is 53.6. The van der Waals surface area contributed by atoms with E-state index in [1.54, 1.807) is 0 Å². The second kappa shape index (κ2) is 10.3. The van der Waals surface area contributed by atoms with Crippen molar-refractivity contribution in [2.24, 2.45) is 23.7 Å². The van der Waals surface area contributed by atoms with E-state index in [0.717, 1.165) is 17.0 Å². The molecule has 0 spiro atoms. The second-order valence-electron chi connectivity index (χ2n) is 12.3. The number of fused-ring (bicyclic) bond motifs is 2. The molecule has 0 aromatic carbocycles. The smallest absolute Gasteiger partial charge is 0.311 e. The third-order valence-corrected chi connectivity index (χ3v) is 19.3. The maximum atomic E-state index is 13.1. The standard InChI is InChI=1S/C24H44N2O6Si3/c1-9-10-13-33(3,4)31-35(7,8)32-34(5,6)14-11-12-26-23(29)19-15-17-18(16-20(19)24(26)30)22(28)25(2)21(17)27/h17-20H,9-16H2,1-8H3. The van der Waals surface area contributed by atoms with Crippen molar-refractivity contribution in [2.45, 2.75) is 90.4 Å². The van der Waals surface area contributed by atoms with Gasteiger partial charge in [0.25, 0.3) is 0 Å². The molecule has 4 unspecified atom stereocenters. The average Bonchev–Trinajstić information content (AvgIpc) is 3.09. The molecule has 8 nitrogen and oxygen atoms in total. The molecule has 1 saturated carbocycles. The van der Waals surface area contributed by atoms with Gasteiger partial charge >= 0.3 is 8.56 Å². The first-order valence-corrected chi connectivity index (χ1v) is 22.2. The van der Waals surface area contributed by atoms with Gasteiger partial charge < -0.3 is 8.23 Å². The SMILES string of the molecule is CCCC[Si](C)(C)O[Si](C)(C)O[Si](C)(C)CCCN1C(=O)C2CC3C(=O)N(C)C(=O)C3CC2C1=O. The minimum Gasteiger partial charge on any atom is -0.437 e. The number of amides is 4. The van der Waals surface area contributed by atoms with Crippen LogP contribution in [0.3, 0.4) is 0 Å². The number of hydrogen-bond donors (Lipinski definition) is 0. The van der Waals surface area contributed by atoms with Crippen LogP contribution >= 0.6 is 0 Å². The molecule has 2 aliphatic heterocycles. The Bertz CT molecular complexity index is 835. The zero-order chi connectivity index (χ0) is 26.3. The van der Waals surface area contributed by atoms with Crippen LogP contribution in [-0.2, 0) is 27.4 Å². The number of hydrogen-bond acceptors (Lipinski definition) is 6. The van der Waals surface area contributed by atoms with Crippen LogP contribution in [0.2, 0.25) is 51.4 Å². The molecule has 0 aromatic heterocycles.